The second kappa shape index (κ2) is 7.10. The summed E-state index contributed by atoms with van der Waals surface area (Å²) in [5.74, 6) is 0. The van der Waals surface area contributed by atoms with E-state index in [1.807, 2.05) is 60.8 Å². The Bertz CT molecular complexity index is 567. The van der Waals surface area contributed by atoms with Gasteiger partial charge >= 0.3 is 6.03 Å². The van der Waals surface area contributed by atoms with Crippen molar-refractivity contribution >= 4 is 28.1 Å². The zero-order valence-corrected chi connectivity index (χ0v) is 12.9. The minimum absolute atomic E-state index is 0.165. The third-order valence-electron chi connectivity index (χ3n) is 3.01. The number of nitrogens with one attached hydrogen (secondary N) is 2. The molecule has 5 nitrogen and oxygen atoms in total. The number of carbonyl (C=O) groups is 1. The first-order valence-corrected chi connectivity index (χ1v) is 7.48. The summed E-state index contributed by atoms with van der Waals surface area (Å²) in [4.78, 5) is 13.6. The van der Waals surface area contributed by atoms with Gasteiger partial charge in [-0.3, -0.25) is 5.32 Å². The van der Waals surface area contributed by atoms with Crippen molar-refractivity contribution < 1.29 is 9.90 Å². The van der Waals surface area contributed by atoms with Crippen LogP contribution in [0.5, 0.6) is 0 Å². The molecule has 3 N–H and O–H groups in total. The van der Waals surface area contributed by atoms with Crippen molar-refractivity contribution in [1.82, 2.24) is 5.32 Å². The number of rotatable bonds is 5. The molecule has 1 aromatic heterocycles. The number of amides is 2. The fourth-order valence-electron chi connectivity index (χ4n) is 1.81. The molecule has 0 aliphatic rings. The topological polar surface area (TPSA) is 64.6 Å². The lowest BCUT2D eigenvalue weighted by Gasteiger charge is -2.15. The number of hydrogen-bond acceptors (Lipinski definition) is 4. The van der Waals surface area contributed by atoms with Gasteiger partial charge < -0.3 is 15.3 Å². The van der Waals surface area contributed by atoms with Crippen molar-refractivity contribution in [2.45, 2.75) is 6.10 Å². The molecule has 0 aliphatic carbocycles. The van der Waals surface area contributed by atoms with E-state index in [9.17, 15) is 9.90 Å². The highest BCUT2D eigenvalue weighted by atomic mass is 32.1. The molecule has 0 spiro atoms. The number of hydrogen-bond donors (Lipinski definition) is 3. The van der Waals surface area contributed by atoms with E-state index in [4.69, 9.17) is 0 Å². The van der Waals surface area contributed by atoms with Crippen LogP contribution in [0.3, 0.4) is 0 Å². The van der Waals surface area contributed by atoms with Gasteiger partial charge in [-0.15, -0.1) is 11.3 Å². The van der Waals surface area contributed by atoms with Crippen LogP contribution in [0.1, 0.15) is 11.7 Å². The monoisotopic (exact) mass is 305 g/mol. The van der Waals surface area contributed by atoms with Crippen molar-refractivity contribution in [3.05, 3.63) is 47.3 Å². The average molecular weight is 305 g/mol. The van der Waals surface area contributed by atoms with Crippen LogP contribution in [0.2, 0.25) is 0 Å². The van der Waals surface area contributed by atoms with Crippen molar-refractivity contribution in [2.24, 2.45) is 0 Å². The van der Waals surface area contributed by atoms with Crippen molar-refractivity contribution in [3.8, 4) is 0 Å². The molecule has 6 heteroatoms. The maximum Gasteiger partial charge on any atom is 0.319 e. The zero-order valence-electron chi connectivity index (χ0n) is 12.0. The van der Waals surface area contributed by atoms with Crippen LogP contribution in [0.4, 0.5) is 15.5 Å². The van der Waals surface area contributed by atoms with Crippen LogP contribution in [0, 0.1) is 0 Å². The van der Waals surface area contributed by atoms with E-state index in [1.54, 1.807) is 0 Å². The van der Waals surface area contributed by atoms with Crippen LogP contribution in [0.15, 0.2) is 41.8 Å². The first kappa shape index (κ1) is 15.3. The summed E-state index contributed by atoms with van der Waals surface area (Å²) in [6.45, 7) is 0.165. The normalized spacial score (nSPS) is 11.8. The first-order valence-electron chi connectivity index (χ1n) is 6.60. The maximum absolute atomic E-state index is 11.7. The number of carbonyl (C=O) groups excluding carboxylic acids is 1. The lowest BCUT2D eigenvalue weighted by molar-refractivity contribution is 0.175. The molecule has 0 saturated heterocycles. The van der Waals surface area contributed by atoms with E-state index in [-0.39, 0.29) is 12.6 Å². The summed E-state index contributed by atoms with van der Waals surface area (Å²) < 4.78 is 0. The second-order valence-electron chi connectivity index (χ2n) is 4.81. The number of anilines is 2. The molecule has 0 fully saturated rings. The lowest BCUT2D eigenvalue weighted by Crippen LogP contribution is -2.32. The molecule has 2 aromatic rings. The number of urea groups is 1. The number of aliphatic hydroxyl groups is 1. The summed E-state index contributed by atoms with van der Waals surface area (Å²) in [5.41, 5.74) is 1.84. The van der Waals surface area contributed by atoms with E-state index in [2.05, 4.69) is 10.6 Å². The molecule has 2 rings (SSSR count). The third-order valence-corrected chi connectivity index (χ3v) is 3.79. The van der Waals surface area contributed by atoms with Gasteiger partial charge in [0, 0.05) is 26.3 Å². The highest BCUT2D eigenvalue weighted by Gasteiger charge is 2.10. The molecule has 112 valence electrons. The predicted octanol–water partition coefficient (Wildman–Crippen LogP) is 2.67. The molecule has 1 aromatic carbocycles. The van der Waals surface area contributed by atoms with Gasteiger partial charge in [-0.1, -0.05) is 12.1 Å². The molecule has 0 radical (unpaired) electrons. The van der Waals surface area contributed by atoms with Gasteiger partial charge in [0.2, 0.25) is 0 Å². The number of aliphatic hydroxyl groups excluding tert-OH is 1. The van der Waals surface area contributed by atoms with Gasteiger partial charge in [0.15, 0.2) is 0 Å². The van der Waals surface area contributed by atoms with Crippen molar-refractivity contribution in [3.63, 3.8) is 0 Å². The molecule has 1 atom stereocenters. The van der Waals surface area contributed by atoms with E-state index in [1.165, 1.54) is 11.3 Å². The molecule has 1 heterocycles. The highest BCUT2D eigenvalue weighted by Crippen LogP contribution is 2.18. The predicted molar refractivity (Wildman–Crippen MR) is 87.1 cm³/mol. The molecular weight excluding hydrogens is 286 g/mol. The smallest absolute Gasteiger partial charge is 0.319 e. The quantitative estimate of drug-likeness (QED) is 0.796. The summed E-state index contributed by atoms with van der Waals surface area (Å²) in [7, 11) is 3.92. The van der Waals surface area contributed by atoms with E-state index >= 15 is 0 Å². The lowest BCUT2D eigenvalue weighted by atomic mass is 10.1. The fourth-order valence-corrected chi connectivity index (χ4v) is 2.42. The Morgan fingerprint density at radius 3 is 2.57 bits per heavy atom. The van der Waals surface area contributed by atoms with Crippen molar-refractivity contribution in [1.29, 1.82) is 0 Å². The number of benzene rings is 1. The summed E-state index contributed by atoms with van der Waals surface area (Å²) in [6, 6.07) is 11.0. The minimum Gasteiger partial charge on any atom is -0.387 e. The van der Waals surface area contributed by atoms with Crippen LogP contribution in [0.25, 0.3) is 0 Å². The molecule has 0 bridgehead atoms. The fraction of sp³-hybridized carbons (Fsp3) is 0.267. The Labute approximate surface area is 128 Å². The summed E-state index contributed by atoms with van der Waals surface area (Å²) >= 11 is 1.45. The number of nitrogens with zero attached hydrogens (tertiary/aromatic N) is 1. The van der Waals surface area contributed by atoms with Gasteiger partial charge in [-0.05, 0) is 35.2 Å². The summed E-state index contributed by atoms with van der Waals surface area (Å²) in [6.07, 6.45) is -0.727. The maximum atomic E-state index is 11.7. The van der Waals surface area contributed by atoms with Gasteiger partial charge in [0.05, 0.1) is 11.1 Å². The Morgan fingerprint density at radius 1 is 1.29 bits per heavy atom. The molecular formula is C15H19N3O2S. The van der Waals surface area contributed by atoms with Gasteiger partial charge in [0.25, 0.3) is 0 Å². The van der Waals surface area contributed by atoms with E-state index < -0.39 is 6.10 Å². The zero-order chi connectivity index (χ0) is 15.2. The molecule has 21 heavy (non-hydrogen) atoms. The van der Waals surface area contributed by atoms with Crippen molar-refractivity contribution in [2.75, 3.05) is 30.9 Å². The molecule has 1 unspecified atom stereocenters. The average Bonchev–Trinajstić information content (AvgIpc) is 2.97. The standard InChI is InChI=1S/C15H19N3O2S/c1-18(2)12-7-5-11(6-8-12)13(19)10-16-15(20)17-14-4-3-9-21-14/h3-9,13,19H,10H2,1-2H3,(H2,16,17,20). The summed E-state index contributed by atoms with van der Waals surface area (Å²) in [5, 5.41) is 18.1. The second-order valence-corrected chi connectivity index (χ2v) is 5.76. The number of thiophene rings is 1. The molecule has 2 amide bonds. The van der Waals surface area contributed by atoms with Crippen LogP contribution < -0.4 is 15.5 Å². The van der Waals surface area contributed by atoms with Crippen LogP contribution >= 0.6 is 11.3 Å². The first-order chi connectivity index (χ1) is 10.1. The van der Waals surface area contributed by atoms with Gasteiger partial charge in [-0.2, -0.15) is 0 Å². The Morgan fingerprint density at radius 2 is 2.00 bits per heavy atom. The molecule has 0 saturated carbocycles. The Balaban J connectivity index is 1.83. The Kier molecular flexibility index (Phi) is 5.19. The SMILES string of the molecule is CN(C)c1ccc(C(O)CNC(=O)Nc2cccs2)cc1. The minimum atomic E-state index is -0.727. The third kappa shape index (κ3) is 4.47. The highest BCUT2D eigenvalue weighted by molar-refractivity contribution is 7.14. The van der Waals surface area contributed by atoms with E-state index in [0.717, 1.165) is 16.3 Å². The largest absolute Gasteiger partial charge is 0.387 e. The van der Waals surface area contributed by atoms with Gasteiger partial charge in [0.1, 0.15) is 0 Å². The van der Waals surface area contributed by atoms with E-state index in [0.29, 0.717) is 0 Å². The van der Waals surface area contributed by atoms with Crippen LogP contribution in [-0.2, 0) is 0 Å². The molecule has 0 aliphatic heterocycles. The van der Waals surface area contributed by atoms with Gasteiger partial charge in [-0.25, -0.2) is 4.79 Å². The Hall–Kier alpha value is -2.05. The van der Waals surface area contributed by atoms with Crippen LogP contribution in [-0.4, -0.2) is 31.8 Å².